The minimum absolute atomic E-state index is 0.0328. The Hall–Kier alpha value is -3.87. The number of ether oxygens (including phenoxy) is 2. The van der Waals surface area contributed by atoms with Gasteiger partial charge in [-0.3, -0.25) is 9.59 Å². The molecule has 0 amide bonds. The van der Waals surface area contributed by atoms with Crippen LogP contribution in [0, 0.1) is 24.4 Å². The summed E-state index contributed by atoms with van der Waals surface area (Å²) in [5, 5.41) is 0. The molecule has 0 unspecified atom stereocenters. The highest BCUT2D eigenvalue weighted by atomic mass is 19.1. The molecule has 0 fully saturated rings. The van der Waals surface area contributed by atoms with Crippen LogP contribution in [0.2, 0.25) is 0 Å². The van der Waals surface area contributed by atoms with E-state index >= 15 is 0 Å². The van der Waals surface area contributed by atoms with Crippen molar-refractivity contribution in [3.63, 3.8) is 0 Å². The Morgan fingerprint density at radius 2 is 1.07 bits per heavy atom. The molecule has 1 aliphatic rings. The molecule has 0 aliphatic heterocycles. The Morgan fingerprint density at radius 1 is 0.633 bits per heavy atom. The molecule has 3 aromatic rings. The first kappa shape index (κ1) is 19.4. The topological polar surface area (TPSA) is 52.6 Å². The van der Waals surface area contributed by atoms with Gasteiger partial charge in [0.1, 0.15) is 29.0 Å². The molecular formula is C23H13F3O4. The lowest BCUT2D eigenvalue weighted by Crippen LogP contribution is -2.27. The number of carbonyl (C=O) groups excluding carboxylic acids is 2. The summed E-state index contributed by atoms with van der Waals surface area (Å²) in [4.78, 5) is 26.0. The first-order valence-corrected chi connectivity index (χ1v) is 8.83. The second kappa shape index (κ2) is 7.51. The highest BCUT2D eigenvalue weighted by molar-refractivity contribution is 6.25. The first-order valence-electron chi connectivity index (χ1n) is 8.83. The maximum atomic E-state index is 13.8. The summed E-state index contributed by atoms with van der Waals surface area (Å²) < 4.78 is 51.9. The van der Waals surface area contributed by atoms with E-state index < -0.39 is 40.5 Å². The number of ketones is 2. The second-order valence-corrected chi connectivity index (χ2v) is 6.64. The number of aryl methyl sites for hydroxylation is 1. The number of hydrogen-bond donors (Lipinski definition) is 0. The molecule has 0 aromatic heterocycles. The van der Waals surface area contributed by atoms with Crippen LogP contribution in [-0.4, -0.2) is 11.6 Å². The summed E-state index contributed by atoms with van der Waals surface area (Å²) in [6.45, 7) is 1.63. The lowest BCUT2D eigenvalue weighted by molar-refractivity contribution is 0.0896. The molecule has 30 heavy (non-hydrogen) atoms. The van der Waals surface area contributed by atoms with Gasteiger partial charge >= 0.3 is 0 Å². The van der Waals surface area contributed by atoms with Gasteiger partial charge in [-0.1, -0.05) is 24.3 Å². The average Bonchev–Trinajstić information content (AvgIpc) is 2.67. The number of rotatable bonds is 4. The zero-order chi connectivity index (χ0) is 21.4. The van der Waals surface area contributed by atoms with Gasteiger partial charge < -0.3 is 9.47 Å². The van der Waals surface area contributed by atoms with E-state index in [-0.39, 0.29) is 22.6 Å². The van der Waals surface area contributed by atoms with Crippen LogP contribution in [0.4, 0.5) is 13.2 Å². The summed E-state index contributed by atoms with van der Waals surface area (Å²) in [6.07, 6.45) is 0. The summed E-state index contributed by atoms with van der Waals surface area (Å²) in [5.41, 5.74) is 0.649. The van der Waals surface area contributed by atoms with Crippen molar-refractivity contribution in [1.29, 1.82) is 0 Å². The maximum Gasteiger partial charge on any atom is 0.233 e. The van der Waals surface area contributed by atoms with Crippen molar-refractivity contribution in [2.45, 2.75) is 6.92 Å². The van der Waals surface area contributed by atoms with Gasteiger partial charge in [-0.15, -0.1) is 0 Å². The summed E-state index contributed by atoms with van der Waals surface area (Å²) in [7, 11) is 0. The first-order chi connectivity index (χ1) is 14.3. The summed E-state index contributed by atoms with van der Waals surface area (Å²) in [6, 6.07) is 12.1. The van der Waals surface area contributed by atoms with Gasteiger partial charge in [-0.05, 0) is 24.6 Å². The van der Waals surface area contributed by atoms with Gasteiger partial charge in [-0.2, -0.15) is 0 Å². The predicted molar refractivity (Wildman–Crippen MR) is 101 cm³/mol. The van der Waals surface area contributed by atoms with E-state index in [9.17, 15) is 22.8 Å². The maximum absolute atomic E-state index is 13.8. The Bertz CT molecular complexity index is 1100. The lowest BCUT2D eigenvalue weighted by atomic mass is 9.92. The third kappa shape index (κ3) is 3.69. The Labute approximate surface area is 169 Å². The van der Waals surface area contributed by atoms with Crippen LogP contribution in [0.3, 0.4) is 0 Å². The number of halogens is 3. The lowest BCUT2D eigenvalue weighted by Gasteiger charge is -2.21. The molecule has 4 nitrogen and oxygen atoms in total. The third-order valence-corrected chi connectivity index (χ3v) is 4.33. The van der Waals surface area contributed by atoms with Gasteiger partial charge in [0.05, 0.1) is 0 Å². The molecule has 4 rings (SSSR count). The number of carbonyl (C=O) groups is 2. The SMILES string of the molecule is Cc1cc(F)cc(OC2=C(Oc3cc(F)cc(F)c3)C(=O)c3ccccc3C2=O)c1. The van der Waals surface area contributed by atoms with Crippen LogP contribution in [0.25, 0.3) is 0 Å². The zero-order valence-electron chi connectivity index (χ0n) is 15.5. The van der Waals surface area contributed by atoms with E-state index in [2.05, 4.69) is 0 Å². The number of Topliss-reactive ketones (excluding diaryl/α,β-unsaturated/α-hetero) is 2. The number of fused-ring (bicyclic) bond motifs is 1. The van der Waals surface area contributed by atoms with Crippen LogP contribution >= 0.6 is 0 Å². The molecule has 0 saturated heterocycles. The fraction of sp³-hybridized carbons (Fsp3) is 0.0435. The van der Waals surface area contributed by atoms with E-state index in [1.807, 2.05) is 0 Å². The molecule has 0 atom stereocenters. The fourth-order valence-electron chi connectivity index (χ4n) is 3.10. The van der Waals surface area contributed by atoms with Crippen LogP contribution in [0.15, 0.2) is 72.2 Å². The minimum atomic E-state index is -0.927. The molecule has 0 radical (unpaired) electrons. The zero-order valence-corrected chi connectivity index (χ0v) is 15.5. The molecular weight excluding hydrogens is 397 g/mol. The van der Waals surface area contributed by atoms with Gasteiger partial charge in [0, 0.05) is 35.4 Å². The normalized spacial score (nSPS) is 13.3. The summed E-state index contributed by atoms with van der Waals surface area (Å²) >= 11 is 0. The van der Waals surface area contributed by atoms with Crippen LogP contribution < -0.4 is 9.47 Å². The third-order valence-electron chi connectivity index (χ3n) is 4.33. The highest BCUT2D eigenvalue weighted by Gasteiger charge is 2.36. The number of hydrogen-bond acceptors (Lipinski definition) is 4. The van der Waals surface area contributed by atoms with E-state index in [1.165, 1.54) is 24.3 Å². The number of benzene rings is 3. The van der Waals surface area contributed by atoms with E-state index in [0.717, 1.165) is 18.2 Å². The second-order valence-electron chi connectivity index (χ2n) is 6.64. The smallest absolute Gasteiger partial charge is 0.233 e. The molecule has 0 N–H and O–H groups in total. The molecule has 0 saturated carbocycles. The summed E-state index contributed by atoms with van der Waals surface area (Å²) in [5.74, 6) is -5.27. The van der Waals surface area contributed by atoms with Crippen molar-refractivity contribution in [3.8, 4) is 11.5 Å². The molecule has 0 spiro atoms. The standard InChI is InChI=1S/C23H13F3O4/c1-12-6-13(24)9-16(7-12)29-22-20(27)18-4-2-3-5-19(18)21(28)23(22)30-17-10-14(25)8-15(26)11-17/h2-11H,1H3. The van der Waals surface area contributed by atoms with E-state index in [0.29, 0.717) is 11.6 Å². The predicted octanol–water partition coefficient (Wildman–Crippen LogP) is 5.16. The van der Waals surface area contributed by atoms with Crippen molar-refractivity contribution < 1.29 is 32.2 Å². The Balaban J connectivity index is 1.85. The average molecular weight is 410 g/mol. The van der Waals surface area contributed by atoms with E-state index in [1.54, 1.807) is 19.1 Å². The van der Waals surface area contributed by atoms with Crippen molar-refractivity contribution in [2.75, 3.05) is 0 Å². The Kier molecular flexibility index (Phi) is 4.87. The molecule has 0 bridgehead atoms. The van der Waals surface area contributed by atoms with Gasteiger partial charge in [0.25, 0.3) is 0 Å². The van der Waals surface area contributed by atoms with Crippen LogP contribution in [0.1, 0.15) is 26.3 Å². The highest BCUT2D eigenvalue weighted by Crippen LogP contribution is 2.31. The van der Waals surface area contributed by atoms with Crippen molar-refractivity contribution in [2.24, 2.45) is 0 Å². The molecule has 150 valence electrons. The number of allylic oxidation sites excluding steroid dienone is 2. The van der Waals surface area contributed by atoms with Crippen LogP contribution in [0.5, 0.6) is 11.5 Å². The molecule has 1 aliphatic carbocycles. The van der Waals surface area contributed by atoms with Crippen molar-refractivity contribution in [3.05, 3.63) is 106 Å². The van der Waals surface area contributed by atoms with Crippen molar-refractivity contribution in [1.82, 2.24) is 0 Å². The van der Waals surface area contributed by atoms with E-state index in [4.69, 9.17) is 9.47 Å². The quantitative estimate of drug-likeness (QED) is 0.596. The van der Waals surface area contributed by atoms with Crippen molar-refractivity contribution >= 4 is 11.6 Å². The monoisotopic (exact) mass is 410 g/mol. The largest absolute Gasteiger partial charge is 0.449 e. The van der Waals surface area contributed by atoms with Gasteiger partial charge in [0.15, 0.2) is 0 Å². The Morgan fingerprint density at radius 3 is 1.53 bits per heavy atom. The van der Waals surface area contributed by atoms with Crippen LogP contribution in [-0.2, 0) is 0 Å². The van der Waals surface area contributed by atoms with Gasteiger partial charge in [-0.25, -0.2) is 13.2 Å². The molecule has 3 aromatic carbocycles. The van der Waals surface area contributed by atoms with Gasteiger partial charge in [0.2, 0.25) is 23.1 Å². The minimum Gasteiger partial charge on any atom is -0.449 e. The molecule has 7 heteroatoms. The fourth-order valence-corrected chi connectivity index (χ4v) is 3.10. The molecule has 0 heterocycles.